The third kappa shape index (κ3) is 2.58. The molecule has 0 aliphatic heterocycles. The minimum absolute atomic E-state index is 0.250. The molecule has 8 unspecified atom stereocenters. The summed E-state index contributed by atoms with van der Waals surface area (Å²) in [5.74, 6) is 9.73. The van der Waals surface area contributed by atoms with Gasteiger partial charge in [0.05, 0.1) is 0 Å². The van der Waals surface area contributed by atoms with Gasteiger partial charge in [0, 0.05) is 6.61 Å². The molecule has 0 amide bonds. The van der Waals surface area contributed by atoms with Gasteiger partial charge in [-0.2, -0.15) is 0 Å². The molecule has 1 heteroatoms. The summed E-state index contributed by atoms with van der Waals surface area (Å²) in [6.07, 6.45) is 12.7. The molecule has 5 saturated carbocycles. The minimum atomic E-state index is 0.250. The summed E-state index contributed by atoms with van der Waals surface area (Å²) in [4.78, 5) is 0. The molecule has 5 aliphatic carbocycles. The van der Waals surface area contributed by atoms with Crippen LogP contribution >= 0.6 is 0 Å². The zero-order chi connectivity index (χ0) is 15.0. The van der Waals surface area contributed by atoms with Crippen molar-refractivity contribution in [2.45, 2.75) is 72.1 Å². The van der Waals surface area contributed by atoms with Crippen LogP contribution in [0, 0.1) is 47.3 Å². The first-order chi connectivity index (χ1) is 10.2. The van der Waals surface area contributed by atoms with E-state index in [1.54, 1.807) is 51.9 Å². The van der Waals surface area contributed by atoms with Gasteiger partial charge in [-0.25, -0.2) is 0 Å². The Labute approximate surface area is 131 Å². The number of hydrogen-bond acceptors (Lipinski definition) is 1. The molecular formula is C20H36O. The molecular weight excluding hydrogens is 256 g/mol. The highest BCUT2D eigenvalue weighted by molar-refractivity contribution is 5.12. The van der Waals surface area contributed by atoms with Gasteiger partial charge in [-0.15, -0.1) is 0 Å². The highest BCUT2D eigenvalue weighted by atomic mass is 16.2. The van der Waals surface area contributed by atoms with Crippen LogP contribution in [0.3, 0.4) is 0 Å². The lowest BCUT2D eigenvalue weighted by Gasteiger charge is -2.33. The van der Waals surface area contributed by atoms with Crippen molar-refractivity contribution in [2.24, 2.45) is 47.3 Å². The molecule has 1 N–H and O–H groups in total. The van der Waals surface area contributed by atoms with Crippen LogP contribution in [0.4, 0.5) is 0 Å². The predicted molar refractivity (Wildman–Crippen MR) is 89.0 cm³/mol. The van der Waals surface area contributed by atoms with E-state index in [4.69, 9.17) is 5.11 Å². The van der Waals surface area contributed by atoms with Gasteiger partial charge in [-0.05, 0) is 99.2 Å². The van der Waals surface area contributed by atoms with Gasteiger partial charge in [-0.3, -0.25) is 0 Å². The molecule has 0 radical (unpaired) electrons. The fourth-order valence-corrected chi connectivity index (χ4v) is 7.12. The molecule has 0 spiro atoms. The van der Waals surface area contributed by atoms with Gasteiger partial charge in [0.25, 0.3) is 0 Å². The Hall–Kier alpha value is -0.0400. The average Bonchev–Trinajstić information content (AvgIpc) is 3.24. The topological polar surface area (TPSA) is 20.2 Å². The second-order valence-electron chi connectivity index (χ2n) is 8.41. The van der Waals surface area contributed by atoms with Crippen molar-refractivity contribution in [3.63, 3.8) is 0 Å². The summed E-state index contributed by atoms with van der Waals surface area (Å²) in [7, 11) is 0. The standard InChI is InChI=1S/C15H22.C3H8.C2H6O/c1-3-10-5-8(1)12-7-13-9-2-4-11(6-9)15(13)14(10)12;1-3-2;1-2-3/h8-15H,1-7H2;3H2,1-2H3;3H,2H2,1H3. The van der Waals surface area contributed by atoms with Crippen molar-refractivity contribution >= 4 is 0 Å². The zero-order valence-corrected chi connectivity index (χ0v) is 14.4. The smallest absolute Gasteiger partial charge is 0.0402 e. The van der Waals surface area contributed by atoms with Crippen LogP contribution in [0.2, 0.25) is 0 Å². The van der Waals surface area contributed by atoms with Crippen molar-refractivity contribution in [2.75, 3.05) is 6.61 Å². The first-order valence-electron chi connectivity index (χ1n) is 9.85. The molecule has 5 aliphatic rings. The number of rotatable bonds is 0. The van der Waals surface area contributed by atoms with Crippen molar-refractivity contribution in [1.29, 1.82) is 0 Å². The van der Waals surface area contributed by atoms with E-state index < -0.39 is 0 Å². The maximum atomic E-state index is 7.57. The summed E-state index contributed by atoms with van der Waals surface area (Å²) in [5.41, 5.74) is 0. The van der Waals surface area contributed by atoms with Gasteiger partial charge in [-0.1, -0.05) is 20.3 Å². The van der Waals surface area contributed by atoms with Gasteiger partial charge in [0.1, 0.15) is 0 Å². The number of aliphatic hydroxyl groups is 1. The lowest BCUT2D eigenvalue weighted by molar-refractivity contribution is 0.153. The first kappa shape index (κ1) is 15.8. The van der Waals surface area contributed by atoms with Gasteiger partial charge in [0.2, 0.25) is 0 Å². The van der Waals surface area contributed by atoms with E-state index in [0.29, 0.717) is 0 Å². The van der Waals surface area contributed by atoms with Crippen LogP contribution in [0.5, 0.6) is 0 Å². The maximum Gasteiger partial charge on any atom is 0.0402 e. The third-order valence-corrected chi connectivity index (χ3v) is 7.30. The monoisotopic (exact) mass is 292 g/mol. The molecule has 122 valence electrons. The first-order valence-corrected chi connectivity index (χ1v) is 9.85. The molecule has 0 aromatic heterocycles. The largest absolute Gasteiger partial charge is 0.397 e. The quantitative estimate of drug-likeness (QED) is 0.656. The Morgan fingerprint density at radius 3 is 1.38 bits per heavy atom. The van der Waals surface area contributed by atoms with Crippen LogP contribution < -0.4 is 0 Å². The van der Waals surface area contributed by atoms with Crippen LogP contribution in [0.1, 0.15) is 72.1 Å². The molecule has 4 bridgehead atoms. The van der Waals surface area contributed by atoms with E-state index >= 15 is 0 Å². The summed E-state index contributed by atoms with van der Waals surface area (Å²) >= 11 is 0. The molecule has 5 fully saturated rings. The number of hydrogen-bond donors (Lipinski definition) is 1. The number of aliphatic hydroxyl groups excluding tert-OH is 1. The fraction of sp³-hybridized carbons (Fsp3) is 1.00. The average molecular weight is 293 g/mol. The molecule has 1 nitrogen and oxygen atoms in total. The van der Waals surface area contributed by atoms with Gasteiger partial charge < -0.3 is 5.11 Å². The summed E-state index contributed by atoms with van der Waals surface area (Å²) in [6, 6.07) is 0. The zero-order valence-electron chi connectivity index (χ0n) is 14.4. The van der Waals surface area contributed by atoms with Gasteiger partial charge >= 0.3 is 0 Å². The molecule has 21 heavy (non-hydrogen) atoms. The van der Waals surface area contributed by atoms with Crippen LogP contribution in [0.15, 0.2) is 0 Å². The molecule has 8 atom stereocenters. The SMILES string of the molecule is C1CC2CC1C1CC3C4CCC(C4)C3C21.CCC.CCO. The number of fused-ring (bicyclic) bond motifs is 11. The molecule has 5 rings (SSSR count). The normalized spacial score (nSPS) is 50.9. The molecule has 0 aromatic rings. The van der Waals surface area contributed by atoms with Crippen LogP contribution in [-0.2, 0) is 0 Å². The van der Waals surface area contributed by atoms with E-state index in [2.05, 4.69) is 13.8 Å². The van der Waals surface area contributed by atoms with Crippen LogP contribution in [-0.4, -0.2) is 11.7 Å². The molecule has 0 saturated heterocycles. The molecule has 0 aromatic carbocycles. The third-order valence-electron chi connectivity index (χ3n) is 7.30. The Balaban J connectivity index is 0.000000195. The summed E-state index contributed by atoms with van der Waals surface area (Å²) in [5, 5.41) is 7.57. The van der Waals surface area contributed by atoms with E-state index in [1.807, 2.05) is 0 Å². The van der Waals surface area contributed by atoms with E-state index in [0.717, 1.165) is 0 Å². The Morgan fingerprint density at radius 1 is 0.667 bits per heavy atom. The predicted octanol–water partition coefficient (Wildman–Crippen LogP) is 5.13. The van der Waals surface area contributed by atoms with Gasteiger partial charge in [0.15, 0.2) is 0 Å². The highest BCUT2D eigenvalue weighted by Crippen LogP contribution is 2.70. The Kier molecular flexibility index (Phi) is 4.98. The summed E-state index contributed by atoms with van der Waals surface area (Å²) < 4.78 is 0. The maximum absolute atomic E-state index is 7.57. The second kappa shape index (κ2) is 6.60. The van der Waals surface area contributed by atoms with Crippen LogP contribution in [0.25, 0.3) is 0 Å². The fourth-order valence-electron chi connectivity index (χ4n) is 7.12. The lowest BCUT2D eigenvalue weighted by atomic mass is 9.72. The van der Waals surface area contributed by atoms with Crippen molar-refractivity contribution in [1.82, 2.24) is 0 Å². The summed E-state index contributed by atoms with van der Waals surface area (Å²) in [6.45, 7) is 6.18. The lowest BCUT2D eigenvalue weighted by Crippen LogP contribution is -2.27. The Morgan fingerprint density at radius 2 is 1.00 bits per heavy atom. The minimum Gasteiger partial charge on any atom is -0.397 e. The highest BCUT2D eigenvalue weighted by Gasteiger charge is 2.63. The van der Waals surface area contributed by atoms with Crippen molar-refractivity contribution in [3.8, 4) is 0 Å². The van der Waals surface area contributed by atoms with E-state index in [9.17, 15) is 0 Å². The van der Waals surface area contributed by atoms with E-state index in [1.165, 1.54) is 53.8 Å². The van der Waals surface area contributed by atoms with Crippen molar-refractivity contribution in [3.05, 3.63) is 0 Å². The second-order valence-corrected chi connectivity index (χ2v) is 8.41. The molecule has 0 heterocycles. The van der Waals surface area contributed by atoms with E-state index in [-0.39, 0.29) is 6.61 Å². The Bertz CT molecular complexity index is 307. The van der Waals surface area contributed by atoms with Crippen molar-refractivity contribution < 1.29 is 5.11 Å².